The first-order valence-corrected chi connectivity index (χ1v) is 5.57. The quantitative estimate of drug-likeness (QED) is 0.824. The molecule has 0 bridgehead atoms. The third-order valence-corrected chi connectivity index (χ3v) is 2.77. The maximum absolute atomic E-state index is 11.7. The largest absolute Gasteiger partial charge is 0.358 e. The lowest BCUT2D eigenvalue weighted by Gasteiger charge is -2.32. The minimum absolute atomic E-state index is 0.0498. The van der Waals surface area contributed by atoms with Crippen LogP contribution in [0.2, 0.25) is 0 Å². The molecule has 82 valence electrons. The van der Waals surface area contributed by atoms with Crippen LogP contribution in [-0.2, 0) is 6.54 Å². The van der Waals surface area contributed by atoms with Crippen molar-refractivity contribution in [1.82, 2.24) is 15.0 Å². The maximum atomic E-state index is 11.7. The highest BCUT2D eigenvalue weighted by Gasteiger charge is 2.23. The Bertz CT molecular complexity index is 366. The van der Waals surface area contributed by atoms with E-state index in [1.807, 2.05) is 7.05 Å². The standard InChI is InChI=1S/C9H12BrN3O2/c1-12-3-2-4-13(9(12)14)6-7-5-8(10)11-15-7/h5H,2-4,6H2,1H3. The minimum atomic E-state index is 0.0498. The van der Waals surface area contributed by atoms with E-state index < -0.39 is 0 Å². The molecule has 1 fully saturated rings. The molecular formula is C9H12BrN3O2. The number of carbonyl (C=O) groups excluding carboxylic acids is 1. The smallest absolute Gasteiger partial charge is 0.320 e. The molecule has 0 saturated carbocycles. The van der Waals surface area contributed by atoms with Crippen LogP contribution in [0.4, 0.5) is 4.79 Å². The van der Waals surface area contributed by atoms with Crippen molar-refractivity contribution >= 4 is 22.0 Å². The zero-order valence-electron chi connectivity index (χ0n) is 8.44. The van der Waals surface area contributed by atoms with Crippen LogP contribution in [0, 0.1) is 0 Å². The molecule has 15 heavy (non-hydrogen) atoms. The van der Waals surface area contributed by atoms with Gasteiger partial charge in [-0.1, -0.05) is 5.16 Å². The van der Waals surface area contributed by atoms with Crippen LogP contribution in [0.25, 0.3) is 0 Å². The van der Waals surface area contributed by atoms with Crippen LogP contribution in [0.15, 0.2) is 15.2 Å². The predicted octanol–water partition coefficient (Wildman–Crippen LogP) is 1.69. The Kier molecular flexibility index (Phi) is 2.95. The lowest BCUT2D eigenvalue weighted by Crippen LogP contribution is -2.46. The van der Waals surface area contributed by atoms with Gasteiger partial charge in [0.2, 0.25) is 0 Å². The molecule has 0 atom stereocenters. The molecule has 5 nitrogen and oxygen atoms in total. The van der Waals surface area contributed by atoms with E-state index in [1.54, 1.807) is 15.9 Å². The maximum Gasteiger partial charge on any atom is 0.320 e. The first-order valence-electron chi connectivity index (χ1n) is 4.78. The van der Waals surface area contributed by atoms with Gasteiger partial charge < -0.3 is 14.3 Å². The fourth-order valence-corrected chi connectivity index (χ4v) is 1.96. The number of amides is 2. The number of hydrogen-bond acceptors (Lipinski definition) is 3. The summed E-state index contributed by atoms with van der Waals surface area (Å²) in [7, 11) is 1.81. The molecule has 0 aromatic carbocycles. The van der Waals surface area contributed by atoms with Crippen molar-refractivity contribution < 1.29 is 9.32 Å². The van der Waals surface area contributed by atoms with E-state index in [9.17, 15) is 4.79 Å². The molecule has 1 aliphatic heterocycles. The zero-order chi connectivity index (χ0) is 10.8. The molecule has 2 amide bonds. The van der Waals surface area contributed by atoms with Crippen LogP contribution < -0.4 is 0 Å². The Labute approximate surface area is 96.1 Å². The molecule has 2 heterocycles. The highest BCUT2D eigenvalue weighted by atomic mass is 79.9. The highest BCUT2D eigenvalue weighted by molar-refractivity contribution is 9.10. The summed E-state index contributed by atoms with van der Waals surface area (Å²) in [5, 5.41) is 3.72. The van der Waals surface area contributed by atoms with Crippen molar-refractivity contribution in [2.75, 3.05) is 20.1 Å². The van der Waals surface area contributed by atoms with Crippen LogP contribution >= 0.6 is 15.9 Å². The molecule has 2 rings (SSSR count). The molecule has 1 aliphatic rings. The molecule has 1 saturated heterocycles. The third-order valence-electron chi connectivity index (χ3n) is 2.40. The Morgan fingerprint density at radius 2 is 2.40 bits per heavy atom. The summed E-state index contributed by atoms with van der Waals surface area (Å²) in [5.74, 6) is 0.700. The van der Waals surface area contributed by atoms with E-state index in [1.165, 1.54) is 0 Å². The van der Waals surface area contributed by atoms with Gasteiger partial charge in [-0.05, 0) is 22.4 Å². The SMILES string of the molecule is CN1CCCN(Cc2cc(Br)no2)C1=O. The molecule has 0 aliphatic carbocycles. The Balaban J connectivity index is 2.02. The second kappa shape index (κ2) is 4.22. The number of carbonyl (C=O) groups is 1. The van der Waals surface area contributed by atoms with Gasteiger partial charge in [-0.2, -0.15) is 0 Å². The van der Waals surface area contributed by atoms with Gasteiger partial charge in [0.05, 0.1) is 6.54 Å². The summed E-state index contributed by atoms with van der Waals surface area (Å²) in [6.45, 7) is 2.10. The average Bonchev–Trinajstić information content (AvgIpc) is 2.59. The number of rotatable bonds is 2. The van der Waals surface area contributed by atoms with Gasteiger partial charge in [0.25, 0.3) is 0 Å². The second-order valence-corrected chi connectivity index (χ2v) is 4.41. The van der Waals surface area contributed by atoms with Gasteiger partial charge >= 0.3 is 6.03 Å². The molecule has 1 aromatic heterocycles. The lowest BCUT2D eigenvalue weighted by atomic mass is 10.3. The summed E-state index contributed by atoms with van der Waals surface area (Å²) >= 11 is 3.21. The summed E-state index contributed by atoms with van der Waals surface area (Å²) in [4.78, 5) is 15.2. The number of nitrogens with zero attached hydrogens (tertiary/aromatic N) is 3. The van der Waals surface area contributed by atoms with E-state index in [4.69, 9.17) is 4.52 Å². The van der Waals surface area contributed by atoms with Crippen LogP contribution in [0.5, 0.6) is 0 Å². The number of urea groups is 1. The van der Waals surface area contributed by atoms with Crippen molar-refractivity contribution in [3.8, 4) is 0 Å². The second-order valence-electron chi connectivity index (χ2n) is 3.60. The predicted molar refractivity (Wildman–Crippen MR) is 57.3 cm³/mol. The summed E-state index contributed by atoms with van der Waals surface area (Å²) in [6, 6.07) is 1.83. The van der Waals surface area contributed by atoms with E-state index in [0.717, 1.165) is 19.5 Å². The van der Waals surface area contributed by atoms with Crippen LogP contribution in [-0.4, -0.2) is 41.1 Å². The van der Waals surface area contributed by atoms with Crippen LogP contribution in [0.3, 0.4) is 0 Å². The Morgan fingerprint density at radius 3 is 3.07 bits per heavy atom. The van der Waals surface area contributed by atoms with Gasteiger partial charge in [0.15, 0.2) is 5.76 Å². The van der Waals surface area contributed by atoms with Crippen LogP contribution in [0.1, 0.15) is 12.2 Å². The molecule has 0 spiro atoms. The average molecular weight is 274 g/mol. The zero-order valence-corrected chi connectivity index (χ0v) is 10.0. The monoisotopic (exact) mass is 273 g/mol. The first-order chi connectivity index (χ1) is 7.16. The first kappa shape index (κ1) is 10.5. The normalized spacial score (nSPS) is 17.3. The molecule has 0 unspecified atom stereocenters. The fourth-order valence-electron chi connectivity index (χ4n) is 1.63. The third kappa shape index (κ3) is 2.31. The Morgan fingerprint density at radius 1 is 1.60 bits per heavy atom. The lowest BCUT2D eigenvalue weighted by molar-refractivity contribution is 0.132. The molecule has 0 N–H and O–H groups in total. The number of hydrogen-bond donors (Lipinski definition) is 0. The van der Waals surface area contributed by atoms with Gasteiger partial charge in [-0.15, -0.1) is 0 Å². The summed E-state index contributed by atoms with van der Waals surface area (Å²) < 4.78 is 5.70. The minimum Gasteiger partial charge on any atom is -0.358 e. The molecule has 6 heteroatoms. The number of aromatic nitrogens is 1. The van der Waals surface area contributed by atoms with E-state index >= 15 is 0 Å². The number of halogens is 1. The van der Waals surface area contributed by atoms with E-state index in [-0.39, 0.29) is 6.03 Å². The van der Waals surface area contributed by atoms with E-state index in [0.29, 0.717) is 16.9 Å². The van der Waals surface area contributed by atoms with Gasteiger partial charge in [0, 0.05) is 26.2 Å². The van der Waals surface area contributed by atoms with Crippen molar-refractivity contribution in [3.63, 3.8) is 0 Å². The summed E-state index contributed by atoms with van der Waals surface area (Å²) in [6.07, 6.45) is 0.998. The molecule has 1 aromatic rings. The summed E-state index contributed by atoms with van der Waals surface area (Å²) in [5.41, 5.74) is 0. The van der Waals surface area contributed by atoms with Gasteiger partial charge in [0.1, 0.15) is 4.60 Å². The van der Waals surface area contributed by atoms with Crippen molar-refractivity contribution in [2.24, 2.45) is 0 Å². The highest BCUT2D eigenvalue weighted by Crippen LogP contribution is 2.15. The topological polar surface area (TPSA) is 49.6 Å². The van der Waals surface area contributed by atoms with E-state index in [2.05, 4.69) is 21.1 Å². The van der Waals surface area contributed by atoms with Gasteiger partial charge in [-0.3, -0.25) is 0 Å². The van der Waals surface area contributed by atoms with Gasteiger partial charge in [-0.25, -0.2) is 4.79 Å². The fraction of sp³-hybridized carbons (Fsp3) is 0.556. The molecular weight excluding hydrogens is 262 g/mol. The molecule has 0 radical (unpaired) electrons. The van der Waals surface area contributed by atoms with Crippen molar-refractivity contribution in [1.29, 1.82) is 0 Å². The van der Waals surface area contributed by atoms with Crippen molar-refractivity contribution in [3.05, 3.63) is 16.4 Å². The Hall–Kier alpha value is -1.04. The van der Waals surface area contributed by atoms with Crippen molar-refractivity contribution in [2.45, 2.75) is 13.0 Å².